The van der Waals surface area contributed by atoms with Crippen molar-refractivity contribution < 1.29 is 9.59 Å². The highest BCUT2D eigenvalue weighted by Gasteiger charge is 2.16. The number of rotatable bonds is 4. The molecule has 0 saturated heterocycles. The molecule has 0 aromatic carbocycles. The molecule has 0 radical (unpaired) electrons. The van der Waals surface area contributed by atoms with Crippen LogP contribution in [0.2, 0.25) is 0 Å². The summed E-state index contributed by atoms with van der Waals surface area (Å²) in [4.78, 5) is 21.8. The summed E-state index contributed by atoms with van der Waals surface area (Å²) in [6.45, 7) is 0.384. The zero-order valence-electron chi connectivity index (χ0n) is 7.24. The molecule has 0 amide bonds. The van der Waals surface area contributed by atoms with Gasteiger partial charge in [0.05, 0.1) is 18.2 Å². The molecule has 14 heavy (non-hydrogen) atoms. The lowest BCUT2D eigenvalue weighted by Gasteiger charge is -2.02. The average Bonchev–Trinajstić information content (AvgIpc) is 2.61. The Kier molecular flexibility index (Phi) is 3.43. The third-order valence-electron chi connectivity index (χ3n) is 1.71. The van der Waals surface area contributed by atoms with Crippen molar-refractivity contribution in [1.82, 2.24) is 4.57 Å². The first-order valence-corrected chi connectivity index (χ1v) is 4.31. The van der Waals surface area contributed by atoms with Crippen molar-refractivity contribution in [3.05, 3.63) is 24.0 Å². The second-order valence-corrected chi connectivity index (χ2v) is 2.94. The minimum Gasteiger partial charge on any atom is -0.344 e. The van der Waals surface area contributed by atoms with Crippen LogP contribution in [-0.2, 0) is 11.3 Å². The van der Waals surface area contributed by atoms with E-state index in [1.165, 1.54) is 10.6 Å². The monoisotopic (exact) mass is 210 g/mol. The van der Waals surface area contributed by atoms with Crippen LogP contribution >= 0.6 is 11.6 Å². The molecule has 0 saturated carbocycles. The first-order chi connectivity index (χ1) is 6.66. The van der Waals surface area contributed by atoms with Gasteiger partial charge in [-0.15, -0.1) is 0 Å². The second-order valence-electron chi connectivity index (χ2n) is 2.60. The van der Waals surface area contributed by atoms with Crippen molar-refractivity contribution in [3.63, 3.8) is 0 Å². The highest BCUT2D eigenvalue weighted by Crippen LogP contribution is 2.06. The van der Waals surface area contributed by atoms with Gasteiger partial charge in [0.2, 0.25) is 0 Å². The molecule has 0 atom stereocenters. The molecule has 1 aromatic heterocycles. The minimum atomic E-state index is -1.01. The molecule has 0 bridgehead atoms. The quantitative estimate of drug-likeness (QED) is 0.428. The largest absolute Gasteiger partial charge is 0.344 e. The Morgan fingerprint density at radius 2 is 2.29 bits per heavy atom. The number of hydrogen-bond acceptors (Lipinski definition) is 3. The predicted octanol–water partition coefficient (Wildman–Crippen LogP) is 1.35. The Balaban J connectivity index is 2.88. The minimum absolute atomic E-state index is 0.222. The molecule has 0 aliphatic heterocycles. The highest BCUT2D eigenvalue weighted by molar-refractivity contribution is 6.83. The summed E-state index contributed by atoms with van der Waals surface area (Å²) < 4.78 is 1.53. The van der Waals surface area contributed by atoms with Crippen LogP contribution in [0.4, 0.5) is 0 Å². The Labute approximate surface area is 85.7 Å². The summed E-state index contributed by atoms with van der Waals surface area (Å²) in [6, 6.07) is 5.08. The van der Waals surface area contributed by atoms with Gasteiger partial charge >= 0.3 is 0 Å². The summed E-state index contributed by atoms with van der Waals surface area (Å²) in [5.74, 6) is -0.741. The lowest BCUT2D eigenvalue weighted by Crippen LogP contribution is -2.13. The Bertz CT molecular complexity index is 403. The van der Waals surface area contributed by atoms with Crippen LogP contribution in [0, 0.1) is 11.3 Å². The Morgan fingerprint density at radius 3 is 2.86 bits per heavy atom. The first-order valence-electron chi connectivity index (χ1n) is 3.93. The molecule has 72 valence electrons. The second kappa shape index (κ2) is 4.58. The number of carbonyl (C=O) groups excluding carboxylic acids is 2. The van der Waals surface area contributed by atoms with Gasteiger partial charge in [0.1, 0.15) is 0 Å². The smallest absolute Gasteiger partial charge is 0.294 e. The maximum absolute atomic E-state index is 11.2. The van der Waals surface area contributed by atoms with Gasteiger partial charge in [0.25, 0.3) is 11.0 Å². The molecule has 0 spiro atoms. The van der Waals surface area contributed by atoms with E-state index in [4.69, 9.17) is 16.9 Å². The summed E-state index contributed by atoms with van der Waals surface area (Å²) >= 11 is 5.06. The van der Waals surface area contributed by atoms with Crippen LogP contribution in [0.25, 0.3) is 0 Å². The third-order valence-corrected chi connectivity index (χ3v) is 1.88. The number of Topliss-reactive ketones (excluding diaryl/α,β-unsaturated/α-hetero) is 1. The van der Waals surface area contributed by atoms with Crippen LogP contribution in [-0.4, -0.2) is 15.6 Å². The van der Waals surface area contributed by atoms with E-state index in [0.717, 1.165) is 0 Å². The van der Waals surface area contributed by atoms with Crippen LogP contribution in [0.1, 0.15) is 16.9 Å². The van der Waals surface area contributed by atoms with E-state index >= 15 is 0 Å². The van der Waals surface area contributed by atoms with E-state index in [9.17, 15) is 9.59 Å². The number of nitriles is 1. The molecule has 5 heteroatoms. The lowest BCUT2D eigenvalue weighted by atomic mass is 10.3. The predicted molar refractivity (Wildman–Crippen MR) is 49.9 cm³/mol. The van der Waals surface area contributed by atoms with E-state index in [1.54, 1.807) is 12.3 Å². The molecule has 1 aromatic rings. The van der Waals surface area contributed by atoms with Crippen LogP contribution in [0.3, 0.4) is 0 Å². The van der Waals surface area contributed by atoms with Gasteiger partial charge in [-0.3, -0.25) is 9.59 Å². The standard InChI is InChI=1S/C9H7ClN2O2/c10-9(14)8(13)7-3-1-5-12(7)6-2-4-11/h1,3,5H,2,6H2. The van der Waals surface area contributed by atoms with Gasteiger partial charge in [-0.2, -0.15) is 5.26 Å². The van der Waals surface area contributed by atoms with Crippen molar-refractivity contribution in [1.29, 1.82) is 5.26 Å². The molecule has 4 nitrogen and oxygen atoms in total. The molecular weight excluding hydrogens is 204 g/mol. The molecule has 0 unspecified atom stereocenters. The fourth-order valence-corrected chi connectivity index (χ4v) is 1.18. The van der Waals surface area contributed by atoms with Crippen LogP contribution < -0.4 is 0 Å². The third kappa shape index (κ3) is 2.21. The fraction of sp³-hybridized carbons (Fsp3) is 0.222. The molecule has 0 fully saturated rings. The molecule has 0 aliphatic carbocycles. The number of aromatic nitrogens is 1. The zero-order valence-corrected chi connectivity index (χ0v) is 7.99. The maximum Gasteiger partial charge on any atom is 0.294 e. The average molecular weight is 211 g/mol. The summed E-state index contributed by atoms with van der Waals surface area (Å²) in [6.07, 6.45) is 1.91. The van der Waals surface area contributed by atoms with E-state index in [2.05, 4.69) is 0 Å². The van der Waals surface area contributed by atoms with Crippen molar-refractivity contribution in [2.24, 2.45) is 0 Å². The lowest BCUT2D eigenvalue weighted by molar-refractivity contribution is -0.108. The first kappa shape index (κ1) is 10.5. The van der Waals surface area contributed by atoms with Crippen molar-refractivity contribution >= 4 is 22.6 Å². The number of carbonyl (C=O) groups is 2. The van der Waals surface area contributed by atoms with Crippen molar-refractivity contribution in [2.45, 2.75) is 13.0 Å². The van der Waals surface area contributed by atoms with Crippen LogP contribution in [0.15, 0.2) is 18.3 Å². The van der Waals surface area contributed by atoms with Gasteiger partial charge in [0, 0.05) is 12.7 Å². The maximum atomic E-state index is 11.2. The van der Waals surface area contributed by atoms with Gasteiger partial charge in [-0.05, 0) is 23.7 Å². The van der Waals surface area contributed by atoms with E-state index in [0.29, 0.717) is 6.54 Å². The SMILES string of the molecule is N#CCCn1cccc1C(=O)C(=O)Cl. The number of halogens is 1. The van der Waals surface area contributed by atoms with Gasteiger partial charge in [-0.1, -0.05) is 0 Å². The fourth-order valence-electron chi connectivity index (χ4n) is 1.09. The molecule has 0 aliphatic rings. The summed E-state index contributed by atoms with van der Waals surface area (Å²) in [5.41, 5.74) is 0.222. The van der Waals surface area contributed by atoms with Crippen molar-refractivity contribution in [2.75, 3.05) is 0 Å². The zero-order chi connectivity index (χ0) is 10.6. The Hall–Kier alpha value is -1.60. The van der Waals surface area contributed by atoms with E-state index < -0.39 is 11.0 Å². The molecule has 1 rings (SSSR count). The number of aryl methyl sites for hydroxylation is 1. The van der Waals surface area contributed by atoms with Crippen LogP contribution in [0.5, 0.6) is 0 Å². The number of hydrogen-bond donors (Lipinski definition) is 0. The van der Waals surface area contributed by atoms with E-state index in [-0.39, 0.29) is 12.1 Å². The topological polar surface area (TPSA) is 62.9 Å². The normalized spacial score (nSPS) is 9.43. The highest BCUT2D eigenvalue weighted by atomic mass is 35.5. The molecule has 0 N–H and O–H groups in total. The summed E-state index contributed by atoms with van der Waals surface area (Å²) in [5, 5.41) is 7.35. The van der Waals surface area contributed by atoms with E-state index in [1.807, 2.05) is 6.07 Å². The molecule has 1 heterocycles. The Morgan fingerprint density at radius 1 is 1.57 bits per heavy atom. The van der Waals surface area contributed by atoms with Gasteiger partial charge < -0.3 is 4.57 Å². The van der Waals surface area contributed by atoms with Gasteiger partial charge in [0.15, 0.2) is 0 Å². The van der Waals surface area contributed by atoms with Gasteiger partial charge in [-0.25, -0.2) is 0 Å². The number of nitrogens with zero attached hydrogens (tertiary/aromatic N) is 2. The summed E-state index contributed by atoms with van der Waals surface area (Å²) in [7, 11) is 0. The number of ketones is 1. The van der Waals surface area contributed by atoms with Crippen molar-refractivity contribution in [3.8, 4) is 6.07 Å². The molecular formula is C9H7ClN2O2.